The van der Waals surface area contributed by atoms with Gasteiger partial charge in [-0.15, -0.1) is 0 Å². The summed E-state index contributed by atoms with van der Waals surface area (Å²) in [6.45, 7) is 5.30. The first-order valence-corrected chi connectivity index (χ1v) is 11.4. The Morgan fingerprint density at radius 1 is 1.10 bits per heavy atom. The number of hydrogen-bond acceptors (Lipinski definition) is 3. The summed E-state index contributed by atoms with van der Waals surface area (Å²) >= 11 is 6.06. The molecule has 1 saturated heterocycles. The van der Waals surface area contributed by atoms with Gasteiger partial charge >= 0.3 is 5.69 Å². The summed E-state index contributed by atoms with van der Waals surface area (Å²) < 4.78 is 1.93. The van der Waals surface area contributed by atoms with Crippen LogP contribution in [0.5, 0.6) is 0 Å². The summed E-state index contributed by atoms with van der Waals surface area (Å²) in [7, 11) is 0. The van der Waals surface area contributed by atoms with Crippen molar-refractivity contribution in [2.24, 2.45) is 5.92 Å². The normalized spacial score (nSPS) is 22.6. The van der Waals surface area contributed by atoms with Crippen molar-refractivity contribution in [2.75, 3.05) is 32.7 Å². The molecule has 0 amide bonds. The molecule has 2 heterocycles. The molecular formula is C24H29ClN4O. The van der Waals surface area contributed by atoms with Crippen LogP contribution < -0.4 is 11.0 Å². The molecule has 3 aromatic rings. The molecule has 0 bridgehead atoms. The van der Waals surface area contributed by atoms with Crippen LogP contribution in [0.2, 0.25) is 5.02 Å². The van der Waals surface area contributed by atoms with Gasteiger partial charge in [-0.3, -0.25) is 4.57 Å². The van der Waals surface area contributed by atoms with E-state index in [9.17, 15) is 4.79 Å². The minimum absolute atomic E-state index is 0.0233. The Labute approximate surface area is 182 Å². The zero-order valence-electron chi connectivity index (χ0n) is 17.2. The second-order valence-corrected chi connectivity index (χ2v) is 9.19. The monoisotopic (exact) mass is 424 g/mol. The number of likely N-dealkylation sites (tertiary alicyclic amines) is 1. The van der Waals surface area contributed by atoms with Crippen molar-refractivity contribution >= 4 is 22.6 Å². The zero-order valence-corrected chi connectivity index (χ0v) is 17.9. The maximum atomic E-state index is 12.5. The van der Waals surface area contributed by atoms with E-state index in [1.54, 1.807) is 0 Å². The van der Waals surface area contributed by atoms with Crippen LogP contribution in [-0.4, -0.2) is 47.2 Å². The Kier molecular flexibility index (Phi) is 5.68. The molecule has 2 N–H and O–H groups in total. The molecule has 2 atom stereocenters. The number of imidazole rings is 1. The van der Waals surface area contributed by atoms with Crippen LogP contribution in [0.1, 0.15) is 36.8 Å². The van der Waals surface area contributed by atoms with Gasteiger partial charge in [0.15, 0.2) is 0 Å². The number of rotatable bonds is 7. The van der Waals surface area contributed by atoms with Gasteiger partial charge in [0, 0.05) is 37.2 Å². The quantitative estimate of drug-likeness (QED) is 0.563. The number of benzene rings is 2. The van der Waals surface area contributed by atoms with Gasteiger partial charge in [0.1, 0.15) is 0 Å². The van der Waals surface area contributed by atoms with Crippen molar-refractivity contribution in [3.05, 3.63) is 69.6 Å². The molecule has 2 aliphatic rings. The number of nitrogens with one attached hydrogen (secondary N) is 2. The number of aromatic nitrogens is 2. The fourth-order valence-electron chi connectivity index (χ4n) is 4.97. The van der Waals surface area contributed by atoms with Crippen LogP contribution in [0.4, 0.5) is 0 Å². The van der Waals surface area contributed by atoms with E-state index in [0.29, 0.717) is 5.02 Å². The van der Waals surface area contributed by atoms with Gasteiger partial charge in [0.2, 0.25) is 0 Å². The SMILES string of the molecule is O=c1[nH]c2cc(Cl)ccc2n1C1CCN(CCNC[C@H]2CC2c2ccccc2)CC1. The molecule has 2 aromatic carbocycles. The summed E-state index contributed by atoms with van der Waals surface area (Å²) in [6.07, 6.45) is 3.33. The molecule has 6 heteroatoms. The molecule has 1 aromatic heterocycles. The fraction of sp³-hybridized carbons (Fsp3) is 0.458. The first-order chi connectivity index (χ1) is 14.7. The fourth-order valence-corrected chi connectivity index (χ4v) is 5.15. The Morgan fingerprint density at radius 3 is 2.70 bits per heavy atom. The third kappa shape index (κ3) is 4.20. The zero-order chi connectivity index (χ0) is 20.5. The molecule has 1 unspecified atom stereocenters. The van der Waals surface area contributed by atoms with Gasteiger partial charge in [0.05, 0.1) is 11.0 Å². The van der Waals surface area contributed by atoms with Gasteiger partial charge in [-0.2, -0.15) is 0 Å². The van der Waals surface area contributed by atoms with E-state index in [1.165, 1.54) is 12.0 Å². The lowest BCUT2D eigenvalue weighted by molar-refractivity contribution is 0.187. The number of nitrogens with zero attached hydrogens (tertiary/aromatic N) is 2. The highest BCUT2D eigenvalue weighted by Crippen LogP contribution is 2.46. The topological polar surface area (TPSA) is 53.1 Å². The third-order valence-electron chi connectivity index (χ3n) is 6.76. The summed E-state index contributed by atoms with van der Waals surface area (Å²) in [6, 6.07) is 16.8. The standard InChI is InChI=1S/C24H29ClN4O/c25-19-6-7-23-22(15-19)27-24(30)29(23)20-8-11-28(12-9-20)13-10-26-16-18-14-21(18)17-4-2-1-3-5-17/h1-7,15,18,20-21,26H,8-14,16H2,(H,27,30)/t18-,21?/m1/s1. The third-order valence-corrected chi connectivity index (χ3v) is 7.00. The molecule has 1 aliphatic heterocycles. The number of fused-ring (bicyclic) bond motifs is 1. The van der Waals surface area contributed by atoms with Crippen molar-refractivity contribution in [3.63, 3.8) is 0 Å². The van der Waals surface area contributed by atoms with Crippen LogP contribution in [0.25, 0.3) is 11.0 Å². The average molecular weight is 425 g/mol. The Balaban J connectivity index is 1.07. The van der Waals surface area contributed by atoms with E-state index < -0.39 is 0 Å². The Hall–Kier alpha value is -2.08. The van der Waals surface area contributed by atoms with Crippen molar-refractivity contribution < 1.29 is 0 Å². The lowest BCUT2D eigenvalue weighted by Crippen LogP contribution is -2.40. The molecule has 158 valence electrons. The van der Waals surface area contributed by atoms with Gasteiger partial charge in [-0.25, -0.2) is 4.79 Å². The minimum atomic E-state index is -0.0233. The van der Waals surface area contributed by atoms with Gasteiger partial charge in [0.25, 0.3) is 0 Å². The minimum Gasteiger partial charge on any atom is -0.315 e. The van der Waals surface area contributed by atoms with Gasteiger partial charge in [-0.1, -0.05) is 41.9 Å². The molecule has 0 radical (unpaired) electrons. The predicted molar refractivity (Wildman–Crippen MR) is 122 cm³/mol. The first kappa shape index (κ1) is 19.9. The predicted octanol–water partition coefficient (Wildman–Crippen LogP) is 4.01. The van der Waals surface area contributed by atoms with Gasteiger partial charge in [-0.05, 0) is 61.4 Å². The van der Waals surface area contributed by atoms with Crippen LogP contribution in [0.15, 0.2) is 53.3 Å². The lowest BCUT2D eigenvalue weighted by atomic mass is 10.0. The smallest absolute Gasteiger partial charge is 0.315 e. The van der Waals surface area contributed by atoms with Crippen molar-refractivity contribution in [3.8, 4) is 0 Å². The van der Waals surface area contributed by atoms with Crippen LogP contribution in [-0.2, 0) is 0 Å². The van der Waals surface area contributed by atoms with E-state index in [1.807, 2.05) is 22.8 Å². The second kappa shape index (κ2) is 8.58. The van der Waals surface area contributed by atoms with Crippen molar-refractivity contribution in [1.82, 2.24) is 19.8 Å². The summed E-state index contributed by atoms with van der Waals surface area (Å²) in [5, 5.41) is 4.31. The highest BCUT2D eigenvalue weighted by Gasteiger charge is 2.37. The molecule has 30 heavy (non-hydrogen) atoms. The van der Waals surface area contributed by atoms with E-state index in [0.717, 1.165) is 68.4 Å². The molecular weight excluding hydrogens is 396 g/mol. The van der Waals surface area contributed by atoms with Crippen LogP contribution in [0, 0.1) is 5.92 Å². The molecule has 2 fully saturated rings. The lowest BCUT2D eigenvalue weighted by Gasteiger charge is -2.32. The van der Waals surface area contributed by atoms with E-state index in [-0.39, 0.29) is 11.7 Å². The maximum Gasteiger partial charge on any atom is 0.326 e. The molecule has 1 aliphatic carbocycles. The Bertz CT molecular complexity index is 1050. The largest absolute Gasteiger partial charge is 0.326 e. The number of halogens is 1. The summed E-state index contributed by atoms with van der Waals surface area (Å²) in [5.41, 5.74) is 3.25. The van der Waals surface area contributed by atoms with E-state index in [2.05, 4.69) is 45.5 Å². The van der Waals surface area contributed by atoms with Gasteiger partial charge < -0.3 is 15.2 Å². The summed E-state index contributed by atoms with van der Waals surface area (Å²) in [4.78, 5) is 17.9. The average Bonchev–Trinajstić information content (AvgIpc) is 3.47. The molecule has 0 spiro atoms. The maximum absolute atomic E-state index is 12.5. The first-order valence-electron chi connectivity index (χ1n) is 11.1. The summed E-state index contributed by atoms with van der Waals surface area (Å²) in [5.74, 6) is 1.54. The second-order valence-electron chi connectivity index (χ2n) is 8.75. The number of hydrogen-bond donors (Lipinski definition) is 2. The number of piperidine rings is 1. The molecule has 5 nitrogen and oxygen atoms in total. The number of aromatic amines is 1. The van der Waals surface area contributed by atoms with E-state index >= 15 is 0 Å². The highest BCUT2D eigenvalue weighted by atomic mass is 35.5. The highest BCUT2D eigenvalue weighted by molar-refractivity contribution is 6.31. The van der Waals surface area contributed by atoms with E-state index in [4.69, 9.17) is 11.6 Å². The van der Waals surface area contributed by atoms with Crippen LogP contribution in [0.3, 0.4) is 0 Å². The number of H-pyrrole nitrogens is 1. The molecule has 5 rings (SSSR count). The van der Waals surface area contributed by atoms with Crippen molar-refractivity contribution in [1.29, 1.82) is 0 Å². The van der Waals surface area contributed by atoms with Crippen LogP contribution >= 0.6 is 11.6 Å². The van der Waals surface area contributed by atoms with Crippen molar-refractivity contribution in [2.45, 2.75) is 31.2 Å². The molecule has 1 saturated carbocycles. The Morgan fingerprint density at radius 2 is 1.90 bits per heavy atom.